The number of nitrogens with zero attached hydrogens (tertiary/aromatic N) is 1. The first-order chi connectivity index (χ1) is 14.8. The second-order valence-electron chi connectivity index (χ2n) is 6.85. The maximum atomic E-state index is 12.4. The summed E-state index contributed by atoms with van der Waals surface area (Å²) in [4.78, 5) is 12.4. The Hall–Kier alpha value is -4.12. The second-order valence-corrected chi connectivity index (χ2v) is 6.85. The van der Waals surface area contributed by atoms with E-state index >= 15 is 0 Å². The molecule has 5 aromatic rings. The quantitative estimate of drug-likeness (QED) is 0.336. The fourth-order valence-electron chi connectivity index (χ4n) is 3.25. The van der Waals surface area contributed by atoms with Crippen LogP contribution < -0.4 is 0 Å². The molecule has 0 amide bonds. The number of esters is 1. The Morgan fingerprint density at radius 2 is 1.53 bits per heavy atom. The number of carbonyl (C=O) groups is 1. The van der Waals surface area contributed by atoms with Crippen LogP contribution in [0.3, 0.4) is 0 Å². The van der Waals surface area contributed by atoms with Gasteiger partial charge in [0.25, 0.3) is 0 Å². The molecule has 0 N–H and O–H groups in total. The lowest BCUT2D eigenvalue weighted by Crippen LogP contribution is -2.05. The number of para-hydroxylation sites is 1. The smallest absolute Gasteiger partial charge is 0.338 e. The van der Waals surface area contributed by atoms with E-state index in [0.29, 0.717) is 22.8 Å². The summed E-state index contributed by atoms with van der Waals surface area (Å²) in [5.41, 5.74) is 3.91. The molecule has 5 rings (SSSR count). The Morgan fingerprint density at radius 3 is 2.33 bits per heavy atom. The predicted octanol–water partition coefficient (Wildman–Crippen LogP) is 6.11. The average molecular weight is 395 g/mol. The van der Waals surface area contributed by atoms with E-state index < -0.39 is 5.97 Å². The van der Waals surface area contributed by atoms with Crippen LogP contribution in [0.1, 0.15) is 16.1 Å². The van der Waals surface area contributed by atoms with E-state index in [1.54, 1.807) is 18.2 Å². The van der Waals surface area contributed by atoms with Crippen LogP contribution in [0.2, 0.25) is 0 Å². The lowest BCUT2D eigenvalue weighted by molar-refractivity contribution is 0.0464. The van der Waals surface area contributed by atoms with E-state index in [9.17, 15) is 4.79 Å². The van der Waals surface area contributed by atoms with E-state index in [2.05, 4.69) is 5.16 Å². The molecule has 0 saturated heterocycles. The highest BCUT2D eigenvalue weighted by Crippen LogP contribution is 2.28. The largest absolute Gasteiger partial charge is 0.455 e. The van der Waals surface area contributed by atoms with Crippen LogP contribution in [0.5, 0.6) is 0 Å². The summed E-state index contributed by atoms with van der Waals surface area (Å²) in [5, 5.41) is 4.95. The Bertz CT molecular complexity index is 1270. The van der Waals surface area contributed by atoms with Gasteiger partial charge in [0, 0.05) is 11.5 Å². The molecule has 0 spiro atoms. The first kappa shape index (κ1) is 17.9. The van der Waals surface area contributed by atoms with Crippen molar-refractivity contribution in [1.82, 2.24) is 5.16 Å². The molecule has 0 aliphatic carbocycles. The molecule has 0 atom stereocenters. The zero-order valence-electron chi connectivity index (χ0n) is 15.9. The Morgan fingerprint density at radius 1 is 0.800 bits per heavy atom. The van der Waals surface area contributed by atoms with E-state index in [1.165, 1.54) is 0 Å². The molecule has 146 valence electrons. The lowest BCUT2D eigenvalue weighted by atomic mass is 10.0. The fraction of sp³-hybridized carbons (Fsp3) is 0.0400. The number of aromatic nitrogens is 1. The minimum Gasteiger partial charge on any atom is -0.455 e. The number of fused-ring (bicyclic) bond motifs is 1. The zero-order valence-corrected chi connectivity index (χ0v) is 15.9. The number of carbonyl (C=O) groups excluding carboxylic acids is 1. The van der Waals surface area contributed by atoms with Crippen LogP contribution in [0.4, 0.5) is 0 Å². The summed E-state index contributed by atoms with van der Waals surface area (Å²) in [6.07, 6.45) is 0. The molecule has 2 heterocycles. The van der Waals surface area contributed by atoms with Crippen molar-refractivity contribution < 1.29 is 18.5 Å². The van der Waals surface area contributed by atoms with E-state index in [1.807, 2.05) is 72.8 Å². The number of furan rings is 1. The van der Waals surface area contributed by atoms with Crippen molar-refractivity contribution in [2.75, 3.05) is 0 Å². The standard InChI is InChI=1S/C25H17NO4/c27-25(19-12-10-18(11-13-19)17-6-2-1-3-7-17)28-16-21-15-24(30-26-21)23-14-20-8-4-5-9-22(20)29-23/h1-15H,16H2. The molecule has 0 fully saturated rings. The second kappa shape index (κ2) is 7.72. The minimum absolute atomic E-state index is 0.0169. The molecule has 0 unspecified atom stereocenters. The summed E-state index contributed by atoms with van der Waals surface area (Å²) in [5.74, 6) is 0.658. The predicted molar refractivity (Wildman–Crippen MR) is 113 cm³/mol. The molecule has 0 aliphatic rings. The van der Waals surface area contributed by atoms with Gasteiger partial charge in [0.15, 0.2) is 5.76 Å². The molecule has 5 nitrogen and oxygen atoms in total. The molecule has 0 saturated carbocycles. The van der Waals surface area contributed by atoms with Crippen LogP contribution in [0.25, 0.3) is 33.6 Å². The van der Waals surface area contributed by atoms with E-state index in [0.717, 1.165) is 22.1 Å². The molecule has 30 heavy (non-hydrogen) atoms. The van der Waals surface area contributed by atoms with Crippen LogP contribution in [-0.4, -0.2) is 11.1 Å². The average Bonchev–Trinajstić information content (AvgIpc) is 3.45. The van der Waals surface area contributed by atoms with Gasteiger partial charge in [0.05, 0.1) is 5.56 Å². The van der Waals surface area contributed by atoms with Crippen molar-refractivity contribution in [3.05, 3.63) is 102 Å². The molecule has 5 heteroatoms. The SMILES string of the molecule is O=C(OCc1cc(-c2cc3ccccc3o2)on1)c1ccc(-c2ccccc2)cc1. The minimum atomic E-state index is -0.414. The molecular formula is C25H17NO4. The van der Waals surface area contributed by atoms with Crippen LogP contribution >= 0.6 is 0 Å². The highest BCUT2D eigenvalue weighted by atomic mass is 16.5. The topological polar surface area (TPSA) is 65.5 Å². The molecule has 3 aromatic carbocycles. The first-order valence-electron chi connectivity index (χ1n) is 9.53. The zero-order chi connectivity index (χ0) is 20.3. The van der Waals surface area contributed by atoms with Gasteiger partial charge in [-0.1, -0.05) is 65.8 Å². The lowest BCUT2D eigenvalue weighted by Gasteiger charge is -2.05. The molecular weight excluding hydrogens is 378 g/mol. The van der Waals surface area contributed by atoms with Gasteiger partial charge < -0.3 is 13.7 Å². The highest BCUT2D eigenvalue weighted by Gasteiger charge is 2.14. The van der Waals surface area contributed by atoms with Gasteiger partial charge in [-0.25, -0.2) is 4.79 Å². The van der Waals surface area contributed by atoms with Crippen LogP contribution in [0, 0.1) is 0 Å². The van der Waals surface area contributed by atoms with Crippen molar-refractivity contribution >= 4 is 16.9 Å². The summed E-state index contributed by atoms with van der Waals surface area (Å²) in [7, 11) is 0. The number of benzene rings is 3. The third kappa shape index (κ3) is 3.61. The van der Waals surface area contributed by atoms with Crippen molar-refractivity contribution in [2.24, 2.45) is 0 Å². The van der Waals surface area contributed by atoms with Crippen molar-refractivity contribution in [3.63, 3.8) is 0 Å². The van der Waals surface area contributed by atoms with Crippen molar-refractivity contribution in [1.29, 1.82) is 0 Å². The van der Waals surface area contributed by atoms with Crippen LogP contribution in [-0.2, 0) is 11.3 Å². The van der Waals surface area contributed by atoms with E-state index in [4.69, 9.17) is 13.7 Å². The Labute approximate surface area is 172 Å². The number of rotatable bonds is 5. The summed E-state index contributed by atoms with van der Waals surface area (Å²) in [6.45, 7) is 0.0169. The fourth-order valence-corrected chi connectivity index (χ4v) is 3.25. The third-order valence-electron chi connectivity index (χ3n) is 4.81. The van der Waals surface area contributed by atoms with Gasteiger partial charge in [-0.15, -0.1) is 0 Å². The maximum absolute atomic E-state index is 12.4. The molecule has 2 aromatic heterocycles. The number of hydrogen-bond donors (Lipinski definition) is 0. The number of hydrogen-bond acceptors (Lipinski definition) is 5. The third-order valence-corrected chi connectivity index (χ3v) is 4.81. The summed E-state index contributed by atoms with van der Waals surface area (Å²) < 4.78 is 16.5. The highest BCUT2D eigenvalue weighted by molar-refractivity contribution is 5.90. The molecule has 0 aliphatic heterocycles. The van der Waals surface area contributed by atoms with Gasteiger partial charge in [-0.2, -0.15) is 0 Å². The molecule has 0 radical (unpaired) electrons. The summed E-state index contributed by atoms with van der Waals surface area (Å²) in [6, 6.07) is 28.6. The molecule has 0 bridgehead atoms. The van der Waals surface area contributed by atoms with Gasteiger partial charge in [-0.3, -0.25) is 0 Å². The monoisotopic (exact) mass is 395 g/mol. The van der Waals surface area contributed by atoms with Crippen molar-refractivity contribution in [3.8, 4) is 22.6 Å². The Kier molecular flexibility index (Phi) is 4.62. The van der Waals surface area contributed by atoms with Gasteiger partial charge in [-0.05, 0) is 35.4 Å². The number of ether oxygens (including phenoxy) is 1. The Balaban J connectivity index is 1.24. The van der Waals surface area contributed by atoms with Crippen LogP contribution in [0.15, 0.2) is 99.9 Å². The summed E-state index contributed by atoms with van der Waals surface area (Å²) >= 11 is 0. The maximum Gasteiger partial charge on any atom is 0.338 e. The van der Waals surface area contributed by atoms with Gasteiger partial charge in [0.1, 0.15) is 17.9 Å². The normalized spacial score (nSPS) is 10.9. The van der Waals surface area contributed by atoms with Gasteiger partial charge >= 0.3 is 5.97 Å². The van der Waals surface area contributed by atoms with Crippen molar-refractivity contribution in [2.45, 2.75) is 6.61 Å². The first-order valence-corrected chi connectivity index (χ1v) is 9.53. The van der Waals surface area contributed by atoms with E-state index in [-0.39, 0.29) is 6.61 Å². The van der Waals surface area contributed by atoms with Gasteiger partial charge in [0.2, 0.25) is 5.76 Å².